The first-order valence-corrected chi connectivity index (χ1v) is 9.88. The lowest BCUT2D eigenvalue weighted by Crippen LogP contribution is -2.11. The lowest BCUT2D eigenvalue weighted by Gasteiger charge is -2.19. The van der Waals surface area contributed by atoms with Crippen LogP contribution in [0.4, 0.5) is 17.6 Å². The molecule has 0 aliphatic heterocycles. The highest BCUT2D eigenvalue weighted by Gasteiger charge is 2.36. The minimum atomic E-state index is -4.83. The molecule has 170 valence electrons. The van der Waals surface area contributed by atoms with E-state index in [-0.39, 0.29) is 30.1 Å². The molecule has 0 fully saturated rings. The van der Waals surface area contributed by atoms with Gasteiger partial charge in [0.1, 0.15) is 12.9 Å². The van der Waals surface area contributed by atoms with Crippen molar-refractivity contribution in [1.82, 2.24) is 0 Å². The summed E-state index contributed by atoms with van der Waals surface area (Å²) in [4.78, 5) is 11.8. The number of aldehydes is 1. The molecule has 0 aliphatic rings. The number of benzene rings is 3. The number of methoxy groups -OCH3 is 1. The average molecular weight is 457 g/mol. The third-order valence-electron chi connectivity index (χ3n) is 5.04. The second-order valence-corrected chi connectivity index (χ2v) is 7.08. The summed E-state index contributed by atoms with van der Waals surface area (Å²) in [6.07, 6.45) is -4.23. The Balaban J connectivity index is 2.24. The summed E-state index contributed by atoms with van der Waals surface area (Å²) in [7, 11) is 1.42. The van der Waals surface area contributed by atoms with Crippen molar-refractivity contribution in [3.8, 4) is 22.9 Å². The molecule has 8 heteroatoms. The van der Waals surface area contributed by atoms with Crippen LogP contribution in [0.5, 0.6) is 5.75 Å². The molecule has 3 aromatic rings. The van der Waals surface area contributed by atoms with Crippen molar-refractivity contribution in [3.63, 3.8) is 0 Å². The number of halogens is 4. The van der Waals surface area contributed by atoms with Crippen molar-refractivity contribution < 1.29 is 31.8 Å². The maximum Gasteiger partial charge on any atom is 0.417 e. The molecule has 0 N–H and O–H groups in total. The maximum absolute atomic E-state index is 15.4. The summed E-state index contributed by atoms with van der Waals surface area (Å²) in [6.45, 7) is 0.0995. The number of carbonyl (C=O) groups excluding carboxylic acids is 1. The van der Waals surface area contributed by atoms with Gasteiger partial charge in [-0.25, -0.2) is 4.39 Å². The third kappa shape index (κ3) is 5.21. The molecule has 0 amide bonds. The lowest BCUT2D eigenvalue weighted by atomic mass is 9.87. The highest BCUT2D eigenvalue weighted by Crippen LogP contribution is 2.42. The predicted molar refractivity (Wildman–Crippen MR) is 113 cm³/mol. The molecule has 0 saturated carbocycles. The summed E-state index contributed by atoms with van der Waals surface area (Å²) in [5.74, 6) is -2.29. The fourth-order valence-corrected chi connectivity index (χ4v) is 3.48. The zero-order chi connectivity index (χ0) is 24.0. The Morgan fingerprint density at radius 1 is 1.03 bits per heavy atom. The lowest BCUT2D eigenvalue weighted by molar-refractivity contribution is -0.137. The van der Waals surface area contributed by atoms with Crippen LogP contribution in [0, 0.1) is 17.1 Å². The van der Waals surface area contributed by atoms with Crippen molar-refractivity contribution in [2.45, 2.75) is 12.1 Å². The van der Waals surface area contributed by atoms with Crippen molar-refractivity contribution in [1.29, 1.82) is 5.26 Å². The number of ether oxygens (including phenoxy) is 2. The maximum atomic E-state index is 15.4. The van der Waals surface area contributed by atoms with E-state index in [9.17, 15) is 23.2 Å². The van der Waals surface area contributed by atoms with Gasteiger partial charge >= 0.3 is 6.18 Å². The first kappa shape index (κ1) is 24.0. The summed E-state index contributed by atoms with van der Waals surface area (Å²) in [5.41, 5.74) is -1.72. The first-order valence-electron chi connectivity index (χ1n) is 9.88. The molecule has 0 aliphatic carbocycles. The van der Waals surface area contributed by atoms with Gasteiger partial charge in [0.2, 0.25) is 0 Å². The van der Waals surface area contributed by atoms with Gasteiger partial charge in [-0.3, -0.25) is 0 Å². The summed E-state index contributed by atoms with van der Waals surface area (Å²) >= 11 is 0. The first-order chi connectivity index (χ1) is 15.8. The highest BCUT2D eigenvalue weighted by molar-refractivity contribution is 5.78. The fourth-order valence-electron chi connectivity index (χ4n) is 3.48. The summed E-state index contributed by atoms with van der Waals surface area (Å²) < 4.78 is 67.1. The molecule has 0 bridgehead atoms. The molecule has 3 aromatic carbocycles. The quantitative estimate of drug-likeness (QED) is 0.246. The molecule has 33 heavy (non-hydrogen) atoms. The normalized spacial score (nSPS) is 12.1. The van der Waals surface area contributed by atoms with Crippen LogP contribution < -0.4 is 4.74 Å². The van der Waals surface area contributed by atoms with E-state index in [1.807, 2.05) is 0 Å². The van der Waals surface area contributed by atoms with Crippen LogP contribution in [-0.2, 0) is 15.7 Å². The van der Waals surface area contributed by atoms with E-state index < -0.39 is 34.6 Å². The smallest absolute Gasteiger partial charge is 0.417 e. The molecule has 0 radical (unpaired) electrons. The van der Waals surface area contributed by atoms with E-state index in [1.165, 1.54) is 25.3 Å². The zero-order valence-electron chi connectivity index (χ0n) is 17.5. The molecular weight excluding hydrogens is 438 g/mol. The van der Waals surface area contributed by atoms with E-state index in [2.05, 4.69) is 0 Å². The van der Waals surface area contributed by atoms with Crippen LogP contribution in [0.25, 0.3) is 11.1 Å². The second-order valence-electron chi connectivity index (χ2n) is 7.08. The Hall–Kier alpha value is -3.70. The van der Waals surface area contributed by atoms with Gasteiger partial charge in [-0.05, 0) is 41.0 Å². The van der Waals surface area contributed by atoms with Gasteiger partial charge in [0.25, 0.3) is 0 Å². The molecule has 0 aromatic heterocycles. The van der Waals surface area contributed by atoms with E-state index >= 15 is 4.39 Å². The molecule has 1 atom stereocenters. The van der Waals surface area contributed by atoms with Crippen molar-refractivity contribution >= 4 is 6.29 Å². The number of carbonyl (C=O) groups is 1. The Morgan fingerprint density at radius 3 is 2.36 bits per heavy atom. The largest absolute Gasteiger partial charge is 0.488 e. The molecule has 0 heterocycles. The molecule has 0 spiro atoms. The van der Waals surface area contributed by atoms with Crippen LogP contribution in [0.1, 0.15) is 28.2 Å². The second kappa shape index (κ2) is 10.3. The van der Waals surface area contributed by atoms with Gasteiger partial charge < -0.3 is 14.3 Å². The van der Waals surface area contributed by atoms with Crippen molar-refractivity contribution in [2.24, 2.45) is 0 Å². The SMILES string of the molecule is COCCOc1ccc(C#N)c(-c2cc(C(C=O)c3ccccc3)ccc2C(F)(F)F)c1F. The monoisotopic (exact) mass is 457 g/mol. The average Bonchev–Trinajstić information content (AvgIpc) is 2.80. The van der Waals surface area contributed by atoms with Gasteiger partial charge in [0, 0.05) is 12.7 Å². The Labute approximate surface area is 188 Å². The van der Waals surface area contributed by atoms with Gasteiger partial charge in [-0.1, -0.05) is 36.4 Å². The number of rotatable bonds is 8. The molecule has 1 unspecified atom stereocenters. The Morgan fingerprint density at radius 2 is 1.76 bits per heavy atom. The van der Waals surface area contributed by atoms with Crippen LogP contribution in [0.3, 0.4) is 0 Å². The van der Waals surface area contributed by atoms with Crippen molar-refractivity contribution in [2.75, 3.05) is 20.3 Å². The highest BCUT2D eigenvalue weighted by atomic mass is 19.4. The molecule has 0 saturated heterocycles. The molecule has 4 nitrogen and oxygen atoms in total. The van der Waals surface area contributed by atoms with E-state index in [1.54, 1.807) is 36.4 Å². The van der Waals surface area contributed by atoms with Gasteiger partial charge in [-0.2, -0.15) is 18.4 Å². The number of hydrogen-bond acceptors (Lipinski definition) is 4. The number of nitriles is 1. The van der Waals surface area contributed by atoms with Gasteiger partial charge in [0.05, 0.1) is 29.7 Å². The van der Waals surface area contributed by atoms with Crippen LogP contribution in [0.2, 0.25) is 0 Å². The number of nitrogens with zero attached hydrogens (tertiary/aromatic N) is 1. The van der Waals surface area contributed by atoms with E-state index in [4.69, 9.17) is 9.47 Å². The van der Waals surface area contributed by atoms with Crippen LogP contribution in [-0.4, -0.2) is 26.6 Å². The van der Waals surface area contributed by atoms with E-state index in [0.717, 1.165) is 12.1 Å². The summed E-state index contributed by atoms with van der Waals surface area (Å²) in [6, 6.07) is 15.7. The number of alkyl halides is 3. The van der Waals surface area contributed by atoms with Crippen LogP contribution in [0.15, 0.2) is 60.7 Å². The minimum Gasteiger partial charge on any atom is -0.488 e. The minimum absolute atomic E-state index is 0.0356. The topological polar surface area (TPSA) is 59.3 Å². The Kier molecular flexibility index (Phi) is 7.46. The third-order valence-corrected chi connectivity index (χ3v) is 5.04. The standard InChI is InChI=1S/C25H19F4NO3/c1-32-11-12-33-22-10-8-18(14-30)23(24(22)26)19-13-17(7-9-21(19)25(27,28)29)20(15-31)16-5-3-2-4-6-16/h2-10,13,15,20H,11-12H2,1H3. The van der Waals surface area contributed by atoms with E-state index in [0.29, 0.717) is 11.8 Å². The number of hydrogen-bond donors (Lipinski definition) is 0. The predicted octanol–water partition coefficient (Wildman–Crippen LogP) is 5.74. The zero-order valence-corrected chi connectivity index (χ0v) is 17.5. The molecule has 3 rings (SSSR count). The van der Waals surface area contributed by atoms with Crippen molar-refractivity contribution in [3.05, 3.63) is 88.7 Å². The van der Waals surface area contributed by atoms with Crippen LogP contribution >= 0.6 is 0 Å². The summed E-state index contributed by atoms with van der Waals surface area (Å²) in [5, 5.41) is 9.49. The Bertz CT molecular complexity index is 1170. The molecular formula is C25H19F4NO3. The van der Waals surface area contributed by atoms with Gasteiger partial charge in [-0.15, -0.1) is 0 Å². The fraction of sp³-hybridized carbons (Fsp3) is 0.200. The van der Waals surface area contributed by atoms with Gasteiger partial charge in [0.15, 0.2) is 11.6 Å².